The summed E-state index contributed by atoms with van der Waals surface area (Å²) >= 11 is 0. The Morgan fingerprint density at radius 2 is 2.00 bits per heavy atom. The molecule has 1 aliphatic carbocycles. The Balaban J connectivity index is 1.39. The van der Waals surface area contributed by atoms with Gasteiger partial charge in [0.05, 0.1) is 7.11 Å². The number of nitrogens with one attached hydrogen (secondary N) is 1. The standard InChI is InChI=1S/C19H25N5O/c1-25-18-7-8-20-19(22-18)21-16-3-2-4-17(13-16)24-11-9-23(10-12-24)14-15-5-6-15/h2-4,7-8,13,15H,5-6,9-12,14H2,1H3,(H,20,21,22). The van der Waals surface area contributed by atoms with E-state index in [-0.39, 0.29) is 0 Å². The molecule has 2 heterocycles. The molecular weight excluding hydrogens is 314 g/mol. The van der Waals surface area contributed by atoms with Crippen molar-refractivity contribution in [3.05, 3.63) is 36.5 Å². The van der Waals surface area contributed by atoms with Crippen molar-refractivity contribution >= 4 is 17.3 Å². The molecule has 0 unspecified atom stereocenters. The van der Waals surface area contributed by atoms with Gasteiger partial charge >= 0.3 is 0 Å². The number of hydrogen-bond acceptors (Lipinski definition) is 6. The lowest BCUT2D eigenvalue weighted by atomic mass is 10.2. The molecule has 1 aromatic heterocycles. The number of piperazine rings is 1. The number of hydrogen-bond donors (Lipinski definition) is 1. The number of aromatic nitrogens is 2. The lowest BCUT2D eigenvalue weighted by Crippen LogP contribution is -2.47. The maximum Gasteiger partial charge on any atom is 0.230 e. The van der Waals surface area contributed by atoms with E-state index in [1.165, 1.54) is 25.1 Å². The molecule has 2 fully saturated rings. The summed E-state index contributed by atoms with van der Waals surface area (Å²) in [6.45, 7) is 5.79. The molecule has 1 saturated carbocycles. The third-order valence-corrected chi connectivity index (χ3v) is 4.89. The van der Waals surface area contributed by atoms with Gasteiger partial charge in [-0.3, -0.25) is 4.90 Å². The summed E-state index contributed by atoms with van der Waals surface area (Å²) in [5, 5.41) is 3.26. The van der Waals surface area contributed by atoms with Gasteiger partial charge in [-0.25, -0.2) is 4.98 Å². The molecule has 2 aromatic rings. The normalized spacial score (nSPS) is 18.2. The number of nitrogens with zero attached hydrogens (tertiary/aromatic N) is 4. The molecule has 1 aliphatic heterocycles. The smallest absolute Gasteiger partial charge is 0.230 e. The van der Waals surface area contributed by atoms with Gasteiger partial charge in [0.15, 0.2) is 0 Å². The first-order valence-electron chi connectivity index (χ1n) is 9.01. The number of rotatable bonds is 6. The van der Waals surface area contributed by atoms with Crippen LogP contribution in [0.1, 0.15) is 12.8 Å². The fraction of sp³-hybridized carbons (Fsp3) is 0.474. The Labute approximate surface area is 148 Å². The molecule has 1 N–H and O–H groups in total. The molecule has 25 heavy (non-hydrogen) atoms. The molecule has 0 amide bonds. The second-order valence-electron chi connectivity index (χ2n) is 6.83. The summed E-state index contributed by atoms with van der Waals surface area (Å²) < 4.78 is 5.15. The van der Waals surface area contributed by atoms with E-state index in [1.807, 2.05) is 6.07 Å². The molecule has 6 heteroatoms. The number of ether oxygens (including phenoxy) is 1. The van der Waals surface area contributed by atoms with Crippen molar-refractivity contribution in [3.63, 3.8) is 0 Å². The molecule has 132 valence electrons. The Bertz CT molecular complexity index is 710. The zero-order valence-electron chi connectivity index (χ0n) is 14.7. The van der Waals surface area contributed by atoms with Crippen LogP contribution in [0.3, 0.4) is 0 Å². The molecule has 1 saturated heterocycles. The van der Waals surface area contributed by atoms with Crippen molar-refractivity contribution < 1.29 is 4.74 Å². The average molecular weight is 339 g/mol. The van der Waals surface area contributed by atoms with Crippen LogP contribution in [0.5, 0.6) is 5.88 Å². The fourth-order valence-electron chi connectivity index (χ4n) is 3.28. The second-order valence-corrected chi connectivity index (χ2v) is 6.83. The van der Waals surface area contributed by atoms with Crippen molar-refractivity contribution in [1.82, 2.24) is 14.9 Å². The van der Waals surface area contributed by atoms with Crippen LogP contribution in [0.2, 0.25) is 0 Å². The van der Waals surface area contributed by atoms with E-state index in [1.54, 1.807) is 19.4 Å². The highest BCUT2D eigenvalue weighted by molar-refractivity contribution is 5.62. The monoisotopic (exact) mass is 339 g/mol. The predicted octanol–water partition coefficient (Wildman–Crippen LogP) is 2.76. The summed E-state index contributed by atoms with van der Waals surface area (Å²) in [7, 11) is 1.61. The van der Waals surface area contributed by atoms with E-state index >= 15 is 0 Å². The second kappa shape index (κ2) is 7.27. The molecule has 0 radical (unpaired) electrons. The number of anilines is 3. The highest BCUT2D eigenvalue weighted by Gasteiger charge is 2.26. The third kappa shape index (κ3) is 4.20. The average Bonchev–Trinajstić information content (AvgIpc) is 3.47. The Morgan fingerprint density at radius 1 is 1.16 bits per heavy atom. The van der Waals surface area contributed by atoms with Crippen molar-refractivity contribution in [2.75, 3.05) is 50.1 Å². The van der Waals surface area contributed by atoms with Gasteiger partial charge in [0.25, 0.3) is 0 Å². The Morgan fingerprint density at radius 3 is 2.76 bits per heavy atom. The van der Waals surface area contributed by atoms with Gasteiger partial charge in [-0.2, -0.15) is 4.98 Å². The van der Waals surface area contributed by atoms with Crippen molar-refractivity contribution in [1.29, 1.82) is 0 Å². The van der Waals surface area contributed by atoms with Crippen LogP contribution in [-0.4, -0.2) is 54.7 Å². The molecule has 0 atom stereocenters. The van der Waals surface area contributed by atoms with Gasteiger partial charge in [-0.15, -0.1) is 0 Å². The highest BCUT2D eigenvalue weighted by Crippen LogP contribution is 2.30. The van der Waals surface area contributed by atoms with E-state index in [2.05, 4.69) is 43.3 Å². The van der Waals surface area contributed by atoms with E-state index in [0.29, 0.717) is 11.8 Å². The molecule has 6 nitrogen and oxygen atoms in total. The topological polar surface area (TPSA) is 53.5 Å². The first-order chi connectivity index (χ1) is 12.3. The quantitative estimate of drug-likeness (QED) is 0.873. The van der Waals surface area contributed by atoms with Crippen LogP contribution in [0.15, 0.2) is 36.5 Å². The number of benzene rings is 1. The lowest BCUT2D eigenvalue weighted by molar-refractivity contribution is 0.248. The first kappa shape index (κ1) is 16.1. The van der Waals surface area contributed by atoms with Gasteiger partial charge in [0.1, 0.15) is 0 Å². The Kier molecular flexibility index (Phi) is 4.70. The van der Waals surface area contributed by atoms with Crippen molar-refractivity contribution in [2.24, 2.45) is 5.92 Å². The van der Waals surface area contributed by atoms with Crippen LogP contribution in [0.25, 0.3) is 0 Å². The van der Waals surface area contributed by atoms with Gasteiger partial charge in [-0.1, -0.05) is 6.07 Å². The summed E-state index contributed by atoms with van der Waals surface area (Å²) in [4.78, 5) is 13.6. The fourth-order valence-corrected chi connectivity index (χ4v) is 3.28. The summed E-state index contributed by atoms with van der Waals surface area (Å²) in [5.74, 6) is 2.08. The summed E-state index contributed by atoms with van der Waals surface area (Å²) in [5.41, 5.74) is 2.24. The summed E-state index contributed by atoms with van der Waals surface area (Å²) in [6, 6.07) is 10.2. The third-order valence-electron chi connectivity index (χ3n) is 4.89. The number of methoxy groups -OCH3 is 1. The maximum absolute atomic E-state index is 5.15. The Hall–Kier alpha value is -2.34. The highest BCUT2D eigenvalue weighted by atomic mass is 16.5. The first-order valence-corrected chi connectivity index (χ1v) is 9.01. The van der Waals surface area contributed by atoms with Gasteiger partial charge in [-0.05, 0) is 37.0 Å². The van der Waals surface area contributed by atoms with Crippen LogP contribution < -0.4 is 15.0 Å². The minimum atomic E-state index is 0.547. The zero-order chi connectivity index (χ0) is 17.1. The molecule has 0 spiro atoms. The summed E-state index contributed by atoms with van der Waals surface area (Å²) in [6.07, 6.45) is 4.55. The largest absolute Gasteiger partial charge is 0.481 e. The lowest BCUT2D eigenvalue weighted by Gasteiger charge is -2.36. The molecular formula is C19H25N5O. The minimum absolute atomic E-state index is 0.547. The van der Waals surface area contributed by atoms with Gasteiger partial charge in [0, 0.05) is 56.4 Å². The van der Waals surface area contributed by atoms with E-state index in [9.17, 15) is 0 Å². The molecule has 4 rings (SSSR count). The van der Waals surface area contributed by atoms with E-state index in [4.69, 9.17) is 4.74 Å². The molecule has 0 bridgehead atoms. The predicted molar refractivity (Wildman–Crippen MR) is 99.7 cm³/mol. The van der Waals surface area contributed by atoms with Crippen LogP contribution in [0.4, 0.5) is 17.3 Å². The molecule has 1 aromatic carbocycles. The van der Waals surface area contributed by atoms with Crippen molar-refractivity contribution in [3.8, 4) is 5.88 Å². The van der Waals surface area contributed by atoms with Gasteiger partial charge < -0.3 is 15.0 Å². The SMILES string of the molecule is COc1ccnc(Nc2cccc(N3CCN(CC4CC4)CC3)c2)n1. The van der Waals surface area contributed by atoms with E-state index in [0.717, 1.165) is 37.8 Å². The maximum atomic E-state index is 5.15. The van der Waals surface area contributed by atoms with E-state index < -0.39 is 0 Å². The van der Waals surface area contributed by atoms with Gasteiger partial charge in [0.2, 0.25) is 11.8 Å². The van der Waals surface area contributed by atoms with Crippen LogP contribution in [0, 0.1) is 5.92 Å². The molecule has 2 aliphatic rings. The van der Waals surface area contributed by atoms with Crippen LogP contribution in [-0.2, 0) is 0 Å². The van der Waals surface area contributed by atoms with Crippen LogP contribution >= 0.6 is 0 Å². The minimum Gasteiger partial charge on any atom is -0.481 e. The zero-order valence-corrected chi connectivity index (χ0v) is 14.7. The van der Waals surface area contributed by atoms with Crippen molar-refractivity contribution in [2.45, 2.75) is 12.8 Å².